The number of hydrogen-bond acceptors (Lipinski definition) is 4. The second-order valence-corrected chi connectivity index (χ2v) is 7.48. The zero-order valence-electron chi connectivity index (χ0n) is 15.1. The van der Waals surface area contributed by atoms with E-state index in [1.807, 2.05) is 13.8 Å². The van der Waals surface area contributed by atoms with E-state index >= 15 is 0 Å². The van der Waals surface area contributed by atoms with Gasteiger partial charge in [0.25, 0.3) is 11.6 Å². The summed E-state index contributed by atoms with van der Waals surface area (Å²) in [6.45, 7) is 7.61. The summed E-state index contributed by atoms with van der Waals surface area (Å²) in [6.07, 6.45) is -5.86. The Balaban J connectivity index is 1.82. The van der Waals surface area contributed by atoms with Crippen LogP contribution >= 0.6 is 15.9 Å². The van der Waals surface area contributed by atoms with Crippen molar-refractivity contribution in [3.63, 3.8) is 0 Å². The van der Waals surface area contributed by atoms with Crippen LogP contribution in [0.4, 0.5) is 13.2 Å². The van der Waals surface area contributed by atoms with Crippen molar-refractivity contribution in [2.24, 2.45) is 0 Å². The minimum absolute atomic E-state index is 0.00294. The largest absolute Gasteiger partial charge is 0.438 e. The Labute approximate surface area is 167 Å². The average molecular weight is 459 g/mol. The van der Waals surface area contributed by atoms with Crippen LogP contribution in [0.25, 0.3) is 0 Å². The molecule has 0 aliphatic carbocycles. The first kappa shape index (κ1) is 20.4. The number of carbonyl (C=O) groups is 1. The summed E-state index contributed by atoms with van der Waals surface area (Å²) in [5, 5.41) is 14.6. The second kappa shape index (κ2) is 6.93. The van der Waals surface area contributed by atoms with Crippen molar-refractivity contribution in [1.29, 1.82) is 0 Å². The molecule has 1 aromatic heterocycles. The lowest BCUT2D eigenvalue weighted by molar-refractivity contribution is -0.299. The fraction of sp³-hybridized carbons (Fsp3) is 0.333. The van der Waals surface area contributed by atoms with E-state index < -0.39 is 24.2 Å². The normalized spacial score (nSPS) is 19.8. The first-order valence-corrected chi connectivity index (χ1v) is 9.10. The molecule has 150 valence electrons. The molecule has 2 aromatic rings. The molecule has 2 N–H and O–H groups in total. The van der Waals surface area contributed by atoms with E-state index in [-0.39, 0.29) is 16.3 Å². The van der Waals surface area contributed by atoms with Crippen LogP contribution in [0.3, 0.4) is 0 Å². The van der Waals surface area contributed by atoms with Crippen molar-refractivity contribution in [1.82, 2.24) is 20.2 Å². The number of hydrogen-bond donors (Lipinski definition) is 2. The number of aryl methyl sites for hydroxylation is 1. The molecule has 6 nitrogen and oxygen atoms in total. The van der Waals surface area contributed by atoms with Crippen molar-refractivity contribution in [2.75, 3.05) is 0 Å². The van der Waals surface area contributed by atoms with Crippen LogP contribution in [-0.2, 0) is 6.54 Å². The number of carbonyl (C=O) groups excluding carboxylic acids is 1. The van der Waals surface area contributed by atoms with Crippen molar-refractivity contribution in [3.8, 4) is 0 Å². The highest BCUT2D eigenvalue weighted by atomic mass is 79.9. The van der Waals surface area contributed by atoms with Gasteiger partial charge in [-0.3, -0.25) is 14.9 Å². The van der Waals surface area contributed by atoms with Crippen molar-refractivity contribution in [2.45, 2.75) is 38.7 Å². The maximum atomic E-state index is 13.3. The summed E-state index contributed by atoms with van der Waals surface area (Å²) in [5.41, 5.74) is 1.39. The monoisotopic (exact) mass is 458 g/mol. The van der Waals surface area contributed by atoms with E-state index in [0.29, 0.717) is 6.54 Å². The third-order valence-electron chi connectivity index (χ3n) is 4.58. The quantitative estimate of drug-likeness (QED) is 0.738. The maximum Gasteiger partial charge on any atom is 0.438 e. The Kier molecular flexibility index (Phi) is 5.05. The third-order valence-corrected chi connectivity index (χ3v) is 5.73. The molecule has 1 aliphatic heterocycles. The molecule has 1 aromatic carbocycles. The van der Waals surface area contributed by atoms with Gasteiger partial charge in [-0.05, 0) is 47.5 Å². The maximum absolute atomic E-state index is 13.3. The number of nitrogens with one attached hydrogen (secondary N) is 1. The molecular formula is C18H18BrF3N4O2. The summed E-state index contributed by atoms with van der Waals surface area (Å²) < 4.78 is 42.5. The first-order chi connectivity index (χ1) is 12.9. The molecule has 1 amide bonds. The highest BCUT2D eigenvalue weighted by Gasteiger charge is 2.63. The number of hydrazine groups is 1. The third kappa shape index (κ3) is 3.42. The number of rotatable bonds is 3. The standard InChI is InChI=1S/C18H18BrF3N4O2/c1-10-8-17(28,18(20,21)22)26(23-10)16(27)14-6-4-13(5-7-14)9-25-12(3)15(19)11(2)24-25/h4-7,23,28H,1,8-9H2,2-3H3. The number of aliphatic hydroxyl groups is 1. The van der Waals surface area contributed by atoms with Gasteiger partial charge in [0, 0.05) is 17.7 Å². The molecule has 0 radical (unpaired) electrons. The number of aromatic nitrogens is 2. The lowest BCUT2D eigenvalue weighted by atomic mass is 10.1. The highest BCUT2D eigenvalue weighted by Crippen LogP contribution is 2.41. The number of nitrogens with zero attached hydrogens (tertiary/aromatic N) is 3. The van der Waals surface area contributed by atoms with Crippen LogP contribution in [0.2, 0.25) is 0 Å². The Bertz CT molecular complexity index is 940. The first-order valence-electron chi connectivity index (χ1n) is 8.30. The highest BCUT2D eigenvalue weighted by molar-refractivity contribution is 9.10. The van der Waals surface area contributed by atoms with Crippen LogP contribution in [0.1, 0.15) is 33.7 Å². The van der Waals surface area contributed by atoms with Crippen LogP contribution in [-0.4, -0.2) is 37.7 Å². The summed E-state index contributed by atoms with van der Waals surface area (Å²) >= 11 is 3.45. The molecule has 0 spiro atoms. The lowest BCUT2D eigenvalue weighted by Gasteiger charge is -2.33. The van der Waals surface area contributed by atoms with Gasteiger partial charge in [-0.1, -0.05) is 18.7 Å². The Morgan fingerprint density at radius 1 is 1.36 bits per heavy atom. The van der Waals surface area contributed by atoms with Gasteiger partial charge in [0.15, 0.2) is 0 Å². The molecule has 2 heterocycles. The molecule has 28 heavy (non-hydrogen) atoms. The van der Waals surface area contributed by atoms with E-state index in [2.05, 4.69) is 33.0 Å². The van der Waals surface area contributed by atoms with Crippen molar-refractivity contribution in [3.05, 3.63) is 63.5 Å². The lowest BCUT2D eigenvalue weighted by Crippen LogP contribution is -2.59. The smallest absolute Gasteiger partial charge is 0.362 e. The number of amides is 1. The predicted octanol–water partition coefficient (Wildman–Crippen LogP) is 3.43. The Morgan fingerprint density at radius 2 is 1.96 bits per heavy atom. The fourth-order valence-corrected chi connectivity index (χ4v) is 3.28. The van der Waals surface area contributed by atoms with E-state index in [9.17, 15) is 23.1 Å². The topological polar surface area (TPSA) is 70.4 Å². The van der Waals surface area contributed by atoms with Crippen molar-refractivity contribution >= 4 is 21.8 Å². The predicted molar refractivity (Wildman–Crippen MR) is 99.0 cm³/mol. The van der Waals surface area contributed by atoms with E-state index in [1.54, 1.807) is 16.8 Å². The van der Waals surface area contributed by atoms with Crippen LogP contribution in [0.15, 0.2) is 41.0 Å². The molecule has 3 rings (SSSR count). The fourth-order valence-electron chi connectivity index (χ4n) is 3.00. The van der Waals surface area contributed by atoms with Gasteiger partial charge < -0.3 is 5.11 Å². The summed E-state index contributed by atoms with van der Waals surface area (Å²) in [4.78, 5) is 12.6. The summed E-state index contributed by atoms with van der Waals surface area (Å²) in [7, 11) is 0. The number of halogens is 4. The van der Waals surface area contributed by atoms with Gasteiger partial charge >= 0.3 is 6.18 Å². The van der Waals surface area contributed by atoms with Gasteiger partial charge in [0.05, 0.1) is 22.4 Å². The van der Waals surface area contributed by atoms with Crippen LogP contribution in [0, 0.1) is 13.8 Å². The molecule has 1 unspecified atom stereocenters. The van der Waals surface area contributed by atoms with E-state index in [1.165, 1.54) is 12.1 Å². The van der Waals surface area contributed by atoms with Crippen LogP contribution < -0.4 is 5.43 Å². The van der Waals surface area contributed by atoms with E-state index in [0.717, 1.165) is 21.4 Å². The molecule has 0 bridgehead atoms. The molecule has 1 saturated heterocycles. The minimum atomic E-state index is -5.03. The Morgan fingerprint density at radius 3 is 2.46 bits per heavy atom. The molecular weight excluding hydrogens is 441 g/mol. The minimum Gasteiger partial charge on any atom is -0.362 e. The average Bonchev–Trinajstić information content (AvgIpc) is 3.06. The number of alkyl halides is 3. The molecule has 1 fully saturated rings. The zero-order chi connectivity index (χ0) is 20.9. The van der Waals surface area contributed by atoms with Crippen LogP contribution in [0.5, 0.6) is 0 Å². The molecule has 0 saturated carbocycles. The van der Waals surface area contributed by atoms with Gasteiger partial charge in [0.2, 0.25) is 0 Å². The Hall–Kier alpha value is -2.33. The van der Waals surface area contributed by atoms with E-state index in [4.69, 9.17) is 0 Å². The zero-order valence-corrected chi connectivity index (χ0v) is 16.7. The van der Waals surface area contributed by atoms with Gasteiger partial charge in [-0.25, -0.2) is 5.01 Å². The second-order valence-electron chi connectivity index (χ2n) is 6.69. The molecule has 1 atom stereocenters. The van der Waals surface area contributed by atoms with Crippen molar-refractivity contribution < 1.29 is 23.1 Å². The van der Waals surface area contributed by atoms with Gasteiger partial charge in [0.1, 0.15) is 0 Å². The number of benzene rings is 1. The summed E-state index contributed by atoms with van der Waals surface area (Å²) in [5.74, 6) is -1.00. The van der Waals surface area contributed by atoms with Gasteiger partial charge in [-0.15, -0.1) is 0 Å². The summed E-state index contributed by atoms with van der Waals surface area (Å²) in [6, 6.07) is 6.10. The van der Waals surface area contributed by atoms with Gasteiger partial charge in [-0.2, -0.15) is 18.3 Å². The molecule has 10 heteroatoms. The molecule has 1 aliphatic rings. The SMILES string of the molecule is C=C1CC(O)(C(F)(F)F)N(C(=O)c2ccc(Cn3nc(C)c(Br)c3C)cc2)N1.